The molecule has 0 bridgehead atoms. The molecule has 1 aliphatic rings. The van der Waals surface area contributed by atoms with Crippen molar-refractivity contribution in [2.45, 2.75) is 44.4 Å². The summed E-state index contributed by atoms with van der Waals surface area (Å²) in [4.78, 5) is 27.7. The molecule has 182 valence electrons. The van der Waals surface area contributed by atoms with Gasteiger partial charge in [0.05, 0.1) is 11.8 Å². The van der Waals surface area contributed by atoms with Crippen LogP contribution in [0.4, 0.5) is 5.69 Å². The molecule has 1 saturated heterocycles. The first-order valence-corrected chi connectivity index (χ1v) is 12.8. The molecule has 0 saturated carbocycles. The van der Waals surface area contributed by atoms with E-state index in [2.05, 4.69) is 22.1 Å². The quantitative estimate of drug-likeness (QED) is 0.323. The van der Waals surface area contributed by atoms with Crippen molar-refractivity contribution in [3.05, 3.63) is 82.7 Å². The highest BCUT2D eigenvalue weighted by Crippen LogP contribution is 2.34. The number of thioether (sulfide) groups is 1. The molecule has 0 radical (unpaired) electrons. The first-order valence-electron chi connectivity index (χ1n) is 11.5. The van der Waals surface area contributed by atoms with E-state index in [4.69, 9.17) is 11.6 Å². The van der Waals surface area contributed by atoms with Crippen LogP contribution in [0, 0.1) is 13.8 Å². The summed E-state index contributed by atoms with van der Waals surface area (Å²) in [6.07, 6.45) is 3.45. The van der Waals surface area contributed by atoms with Gasteiger partial charge in [0.15, 0.2) is 11.0 Å². The lowest BCUT2D eigenvalue weighted by Crippen LogP contribution is -2.32. The largest absolute Gasteiger partial charge is 0.328 e. The number of benzene rings is 2. The number of rotatable bonds is 8. The summed E-state index contributed by atoms with van der Waals surface area (Å²) in [5.74, 6) is 0.741. The number of nitrogens with one attached hydrogen (secondary N) is 1. The van der Waals surface area contributed by atoms with Crippen LogP contribution in [0.1, 0.15) is 46.2 Å². The molecule has 3 aromatic rings. The number of para-hydroxylation sites is 1. The second-order valence-electron chi connectivity index (χ2n) is 8.51. The molecule has 2 heterocycles. The van der Waals surface area contributed by atoms with Crippen LogP contribution in [0.3, 0.4) is 0 Å². The molecule has 35 heavy (non-hydrogen) atoms. The number of nitrogens with zero attached hydrogens (tertiary/aromatic N) is 4. The Hall–Kier alpha value is -3.10. The summed E-state index contributed by atoms with van der Waals surface area (Å²) in [6, 6.07) is 12.6. The van der Waals surface area contributed by atoms with Crippen LogP contribution in [0.5, 0.6) is 0 Å². The number of allylic oxidation sites excluding steroid dienone is 1. The molecule has 1 fully saturated rings. The molecule has 2 amide bonds. The molecule has 9 heteroatoms. The minimum absolute atomic E-state index is 0.0560. The number of anilines is 1. The molecule has 2 aromatic carbocycles. The standard InChI is InChI=1S/C26H28ClN5O2S/c1-4-14-32-24(21-9-6-15-31(21)25(34)19-10-12-20(27)13-11-19)29-30-26(32)35-16-22(33)28-23-17(2)7-5-8-18(23)3/h4-5,7-8,10-13,21H,1,6,9,14-16H2,2-3H3,(H,28,33). The predicted molar refractivity (Wildman–Crippen MR) is 140 cm³/mol. The molecule has 1 N–H and O–H groups in total. The van der Waals surface area contributed by atoms with Gasteiger partial charge < -0.3 is 14.8 Å². The van der Waals surface area contributed by atoms with Gasteiger partial charge in [0, 0.05) is 29.4 Å². The van der Waals surface area contributed by atoms with Gasteiger partial charge in [-0.25, -0.2) is 0 Å². The molecule has 1 unspecified atom stereocenters. The van der Waals surface area contributed by atoms with E-state index in [-0.39, 0.29) is 23.6 Å². The summed E-state index contributed by atoms with van der Waals surface area (Å²) in [7, 11) is 0. The molecule has 7 nitrogen and oxygen atoms in total. The highest BCUT2D eigenvalue weighted by molar-refractivity contribution is 7.99. The van der Waals surface area contributed by atoms with Gasteiger partial charge in [0.1, 0.15) is 0 Å². The van der Waals surface area contributed by atoms with Gasteiger partial charge in [-0.05, 0) is 62.1 Å². The highest BCUT2D eigenvalue weighted by Gasteiger charge is 2.34. The molecule has 1 atom stereocenters. The fourth-order valence-corrected chi connectivity index (χ4v) is 5.19. The summed E-state index contributed by atoms with van der Waals surface area (Å²) in [5, 5.41) is 13.0. The fraction of sp³-hybridized carbons (Fsp3) is 0.308. The summed E-state index contributed by atoms with van der Waals surface area (Å²) in [5.41, 5.74) is 3.47. The number of hydrogen-bond acceptors (Lipinski definition) is 5. The Morgan fingerprint density at radius 3 is 2.57 bits per heavy atom. The van der Waals surface area contributed by atoms with Crippen LogP contribution in [-0.4, -0.2) is 43.8 Å². The van der Waals surface area contributed by atoms with Gasteiger partial charge in [-0.3, -0.25) is 9.59 Å². The van der Waals surface area contributed by atoms with E-state index in [1.807, 2.05) is 41.5 Å². The highest BCUT2D eigenvalue weighted by atomic mass is 35.5. The average molecular weight is 510 g/mol. The van der Waals surface area contributed by atoms with E-state index >= 15 is 0 Å². The topological polar surface area (TPSA) is 80.1 Å². The molecule has 1 aliphatic heterocycles. The smallest absolute Gasteiger partial charge is 0.254 e. The van der Waals surface area contributed by atoms with E-state index in [0.717, 1.165) is 29.7 Å². The van der Waals surface area contributed by atoms with Gasteiger partial charge in [0.25, 0.3) is 5.91 Å². The normalized spacial score (nSPS) is 15.3. The number of likely N-dealkylation sites (tertiary alicyclic amines) is 1. The van der Waals surface area contributed by atoms with Crippen LogP contribution in [-0.2, 0) is 11.3 Å². The van der Waals surface area contributed by atoms with E-state index in [1.54, 1.807) is 30.3 Å². The van der Waals surface area contributed by atoms with Gasteiger partial charge in [-0.15, -0.1) is 16.8 Å². The Labute approximate surface area is 214 Å². The number of amides is 2. The van der Waals surface area contributed by atoms with Crippen molar-refractivity contribution in [2.75, 3.05) is 17.6 Å². The zero-order chi connectivity index (χ0) is 24.9. The summed E-state index contributed by atoms with van der Waals surface area (Å²) < 4.78 is 1.95. The van der Waals surface area contributed by atoms with E-state index in [9.17, 15) is 9.59 Å². The number of hydrogen-bond donors (Lipinski definition) is 1. The van der Waals surface area contributed by atoms with Crippen molar-refractivity contribution in [2.24, 2.45) is 0 Å². The first-order chi connectivity index (χ1) is 16.9. The zero-order valence-electron chi connectivity index (χ0n) is 19.8. The third kappa shape index (κ3) is 5.60. The number of halogens is 1. The van der Waals surface area contributed by atoms with E-state index in [1.165, 1.54) is 11.8 Å². The van der Waals surface area contributed by atoms with Crippen molar-refractivity contribution < 1.29 is 9.59 Å². The lowest BCUT2D eigenvalue weighted by atomic mass is 10.1. The average Bonchev–Trinajstić information content (AvgIpc) is 3.47. The van der Waals surface area contributed by atoms with Crippen LogP contribution in [0.25, 0.3) is 0 Å². The Bertz CT molecular complexity index is 1220. The summed E-state index contributed by atoms with van der Waals surface area (Å²) in [6.45, 7) is 8.95. The van der Waals surface area contributed by atoms with Crippen LogP contribution >= 0.6 is 23.4 Å². The van der Waals surface area contributed by atoms with Crippen molar-refractivity contribution in [3.8, 4) is 0 Å². The number of aryl methyl sites for hydroxylation is 2. The third-order valence-corrected chi connectivity index (χ3v) is 7.26. The number of carbonyl (C=O) groups excluding carboxylic acids is 2. The zero-order valence-corrected chi connectivity index (χ0v) is 21.4. The van der Waals surface area contributed by atoms with Crippen molar-refractivity contribution >= 4 is 40.9 Å². The molecular weight excluding hydrogens is 482 g/mol. The van der Waals surface area contributed by atoms with Crippen molar-refractivity contribution in [1.29, 1.82) is 0 Å². The van der Waals surface area contributed by atoms with E-state index < -0.39 is 0 Å². The minimum atomic E-state index is -0.191. The van der Waals surface area contributed by atoms with Crippen LogP contribution in [0.2, 0.25) is 5.02 Å². The van der Waals surface area contributed by atoms with Crippen LogP contribution < -0.4 is 5.32 Å². The fourth-order valence-electron chi connectivity index (χ4n) is 4.31. The minimum Gasteiger partial charge on any atom is -0.328 e. The van der Waals surface area contributed by atoms with Gasteiger partial charge in [-0.1, -0.05) is 47.6 Å². The summed E-state index contributed by atoms with van der Waals surface area (Å²) >= 11 is 7.31. The lowest BCUT2D eigenvalue weighted by molar-refractivity contribution is -0.113. The number of carbonyl (C=O) groups is 2. The Kier molecular flexibility index (Phi) is 7.93. The van der Waals surface area contributed by atoms with Gasteiger partial charge >= 0.3 is 0 Å². The lowest BCUT2D eigenvalue weighted by Gasteiger charge is -2.24. The number of aromatic nitrogens is 3. The monoisotopic (exact) mass is 509 g/mol. The maximum absolute atomic E-state index is 13.2. The molecule has 0 aliphatic carbocycles. The maximum Gasteiger partial charge on any atom is 0.254 e. The Morgan fingerprint density at radius 2 is 1.89 bits per heavy atom. The SMILES string of the molecule is C=CCn1c(SCC(=O)Nc2c(C)cccc2C)nnc1C1CCCN1C(=O)c1ccc(Cl)cc1. The molecular formula is C26H28ClN5O2S. The third-order valence-electron chi connectivity index (χ3n) is 6.04. The van der Waals surface area contributed by atoms with Crippen molar-refractivity contribution in [3.63, 3.8) is 0 Å². The van der Waals surface area contributed by atoms with E-state index in [0.29, 0.717) is 34.7 Å². The van der Waals surface area contributed by atoms with Gasteiger partial charge in [0.2, 0.25) is 5.91 Å². The second-order valence-corrected chi connectivity index (χ2v) is 9.89. The van der Waals surface area contributed by atoms with Crippen molar-refractivity contribution in [1.82, 2.24) is 19.7 Å². The maximum atomic E-state index is 13.2. The Balaban J connectivity index is 1.50. The predicted octanol–water partition coefficient (Wildman–Crippen LogP) is 5.44. The van der Waals surface area contributed by atoms with Crippen LogP contribution in [0.15, 0.2) is 60.3 Å². The molecule has 4 rings (SSSR count). The first kappa shape index (κ1) is 25.0. The van der Waals surface area contributed by atoms with Gasteiger partial charge in [-0.2, -0.15) is 0 Å². The Morgan fingerprint density at radius 1 is 1.17 bits per heavy atom. The molecule has 1 aromatic heterocycles. The molecule has 0 spiro atoms. The second kappa shape index (κ2) is 11.1.